The van der Waals surface area contributed by atoms with Gasteiger partial charge in [0.25, 0.3) is 0 Å². The number of Topliss-reactive ketones (excluding diaryl/α,β-unsaturated/α-hetero) is 1. The van der Waals surface area contributed by atoms with Gasteiger partial charge in [-0.15, -0.1) is 0 Å². The van der Waals surface area contributed by atoms with E-state index in [-0.39, 0.29) is 5.92 Å². The van der Waals surface area contributed by atoms with E-state index in [1.165, 1.54) is 44.9 Å². The lowest BCUT2D eigenvalue weighted by molar-refractivity contribution is -0.449. The van der Waals surface area contributed by atoms with Gasteiger partial charge in [-0.2, -0.15) is 65.9 Å². The van der Waals surface area contributed by atoms with Gasteiger partial charge in [0.05, 0.1) is 0 Å². The maximum absolute atomic E-state index is 14.4. The summed E-state index contributed by atoms with van der Waals surface area (Å²) >= 11 is 0. The molecule has 276 valence electrons. The van der Waals surface area contributed by atoms with E-state index in [2.05, 4.69) is 6.92 Å². The fraction of sp³-hybridized carbons (Fsp3) is 0.781. The molecule has 16 heteroatoms. The molecule has 3 rings (SSSR count). The second-order valence-electron chi connectivity index (χ2n) is 13.1. The molecular weight excluding hydrogens is 685 g/mol. The molecular formula is C32H37F15O. The van der Waals surface area contributed by atoms with Crippen molar-refractivity contribution in [1.82, 2.24) is 0 Å². The van der Waals surface area contributed by atoms with Crippen molar-refractivity contribution in [3.63, 3.8) is 0 Å². The zero-order valence-corrected chi connectivity index (χ0v) is 25.9. The molecule has 1 aromatic carbocycles. The average molecular weight is 723 g/mol. The number of unbranched alkanes of at least 4 members (excludes halogenated alkanes) is 3. The van der Waals surface area contributed by atoms with E-state index in [0.29, 0.717) is 42.4 Å². The minimum Gasteiger partial charge on any atom is -0.287 e. The van der Waals surface area contributed by atoms with Gasteiger partial charge in [-0.05, 0) is 67.8 Å². The Bertz CT molecular complexity index is 1210. The zero-order chi connectivity index (χ0) is 36.6. The van der Waals surface area contributed by atoms with Gasteiger partial charge in [0, 0.05) is 5.56 Å². The van der Waals surface area contributed by atoms with E-state index in [4.69, 9.17) is 0 Å². The summed E-state index contributed by atoms with van der Waals surface area (Å²) in [4.78, 5) is 12.2. The maximum atomic E-state index is 14.4. The van der Waals surface area contributed by atoms with Crippen molar-refractivity contribution in [3.8, 4) is 0 Å². The SMILES string of the molecule is CCCCCC[C@H]1CC[C@H]([C@H]2CC[C@H](c3ccc(C(=O)C(F)(F)C(F)(F)C(F)(F)C(F)(F)C(F)(F)C(F)(F)C(F)(F)F)cc3)CC2)CC1. The Hall–Kier alpha value is -2.16. The fourth-order valence-corrected chi connectivity index (χ4v) is 6.93. The van der Waals surface area contributed by atoms with Gasteiger partial charge in [0.15, 0.2) is 0 Å². The van der Waals surface area contributed by atoms with Gasteiger partial charge in [-0.25, -0.2) is 0 Å². The largest absolute Gasteiger partial charge is 0.460 e. The van der Waals surface area contributed by atoms with Gasteiger partial charge in [0.2, 0.25) is 5.78 Å². The predicted octanol–water partition coefficient (Wildman–Crippen LogP) is 12.3. The van der Waals surface area contributed by atoms with Crippen molar-refractivity contribution in [2.45, 2.75) is 138 Å². The predicted molar refractivity (Wildman–Crippen MR) is 145 cm³/mol. The molecule has 0 amide bonds. The summed E-state index contributed by atoms with van der Waals surface area (Å²) in [5, 5.41) is 0. The van der Waals surface area contributed by atoms with Crippen molar-refractivity contribution >= 4 is 5.78 Å². The number of rotatable bonds is 14. The van der Waals surface area contributed by atoms with Crippen LogP contribution in [0.25, 0.3) is 0 Å². The molecule has 1 aromatic rings. The number of benzene rings is 1. The quantitative estimate of drug-likeness (QED) is 0.106. The molecule has 2 saturated carbocycles. The van der Waals surface area contributed by atoms with Crippen LogP contribution in [0.4, 0.5) is 65.9 Å². The highest BCUT2D eigenvalue weighted by Crippen LogP contribution is 2.62. The van der Waals surface area contributed by atoms with Crippen molar-refractivity contribution in [1.29, 1.82) is 0 Å². The summed E-state index contributed by atoms with van der Waals surface area (Å²) in [7, 11) is 0. The summed E-state index contributed by atoms with van der Waals surface area (Å²) in [6, 6.07) is 3.08. The molecule has 0 aromatic heterocycles. The number of ketones is 1. The molecule has 2 aliphatic carbocycles. The van der Waals surface area contributed by atoms with Crippen LogP contribution in [-0.4, -0.2) is 47.5 Å². The molecule has 2 aliphatic rings. The van der Waals surface area contributed by atoms with Crippen molar-refractivity contribution in [2.75, 3.05) is 0 Å². The molecule has 0 bridgehead atoms. The van der Waals surface area contributed by atoms with Gasteiger partial charge in [-0.1, -0.05) is 76.1 Å². The molecule has 0 saturated heterocycles. The van der Waals surface area contributed by atoms with Gasteiger partial charge in [-0.3, -0.25) is 4.79 Å². The highest BCUT2D eigenvalue weighted by Gasteiger charge is 2.94. The lowest BCUT2D eigenvalue weighted by Gasteiger charge is -2.41. The highest BCUT2D eigenvalue weighted by molar-refractivity contribution is 6.02. The zero-order valence-electron chi connectivity index (χ0n) is 25.9. The molecule has 0 spiro atoms. The monoisotopic (exact) mass is 722 g/mol. The molecule has 0 heterocycles. The van der Waals surface area contributed by atoms with E-state index in [0.717, 1.165) is 43.7 Å². The summed E-state index contributed by atoms with van der Waals surface area (Å²) in [6.45, 7) is 2.16. The third kappa shape index (κ3) is 7.18. The Morgan fingerprint density at radius 3 is 1.46 bits per heavy atom. The molecule has 0 unspecified atom stereocenters. The Balaban J connectivity index is 1.66. The lowest BCUT2D eigenvalue weighted by Crippen LogP contribution is -2.73. The third-order valence-corrected chi connectivity index (χ3v) is 10.1. The van der Waals surface area contributed by atoms with Crippen LogP contribution in [0.1, 0.15) is 112 Å². The molecule has 1 nitrogen and oxygen atoms in total. The second-order valence-corrected chi connectivity index (χ2v) is 13.1. The molecule has 0 aliphatic heterocycles. The highest BCUT2D eigenvalue weighted by atomic mass is 19.4. The van der Waals surface area contributed by atoms with E-state index in [1.54, 1.807) is 0 Å². The van der Waals surface area contributed by atoms with Crippen molar-refractivity contribution in [3.05, 3.63) is 35.4 Å². The van der Waals surface area contributed by atoms with Crippen molar-refractivity contribution < 1.29 is 70.7 Å². The van der Waals surface area contributed by atoms with Gasteiger partial charge < -0.3 is 0 Å². The minimum absolute atomic E-state index is 0.150. The topological polar surface area (TPSA) is 17.1 Å². The Labute approximate surface area is 268 Å². The van der Waals surface area contributed by atoms with E-state index >= 15 is 0 Å². The lowest BCUT2D eigenvalue weighted by atomic mass is 9.68. The average Bonchev–Trinajstić information content (AvgIpc) is 3.02. The maximum Gasteiger partial charge on any atom is 0.460 e. The Kier molecular flexibility index (Phi) is 11.9. The van der Waals surface area contributed by atoms with Crippen LogP contribution in [0.15, 0.2) is 24.3 Å². The van der Waals surface area contributed by atoms with Crippen LogP contribution >= 0.6 is 0 Å². The first-order valence-electron chi connectivity index (χ1n) is 15.9. The first-order chi connectivity index (χ1) is 21.9. The summed E-state index contributed by atoms with van der Waals surface area (Å²) in [5.41, 5.74) is -0.989. The Morgan fingerprint density at radius 2 is 1.00 bits per heavy atom. The number of halogens is 15. The van der Waals surface area contributed by atoms with Crippen LogP contribution < -0.4 is 0 Å². The fourth-order valence-electron chi connectivity index (χ4n) is 6.93. The summed E-state index contributed by atoms with van der Waals surface area (Å²) < 4.78 is 203. The third-order valence-electron chi connectivity index (χ3n) is 10.1. The smallest absolute Gasteiger partial charge is 0.287 e. The first-order valence-corrected chi connectivity index (χ1v) is 15.9. The number of carbonyl (C=O) groups is 1. The summed E-state index contributed by atoms with van der Waals surface area (Å²) in [5.74, 6) is -49.6. The molecule has 2 fully saturated rings. The van der Waals surface area contributed by atoms with E-state index in [1.807, 2.05) is 0 Å². The number of hydrogen-bond acceptors (Lipinski definition) is 1. The van der Waals surface area contributed by atoms with Crippen LogP contribution in [0.5, 0.6) is 0 Å². The van der Waals surface area contributed by atoms with Crippen LogP contribution in [0.2, 0.25) is 0 Å². The molecule has 0 atom stereocenters. The van der Waals surface area contributed by atoms with Gasteiger partial charge >= 0.3 is 41.7 Å². The molecule has 48 heavy (non-hydrogen) atoms. The van der Waals surface area contributed by atoms with Crippen LogP contribution in [0, 0.1) is 17.8 Å². The first kappa shape index (κ1) is 40.3. The normalized spacial score (nSPS) is 24.1. The molecule has 0 N–H and O–H groups in total. The number of alkyl halides is 15. The van der Waals surface area contributed by atoms with Crippen LogP contribution in [0.3, 0.4) is 0 Å². The number of hydrogen-bond donors (Lipinski definition) is 0. The Morgan fingerprint density at radius 1 is 0.562 bits per heavy atom. The second kappa shape index (κ2) is 14.2. The molecule has 0 radical (unpaired) electrons. The van der Waals surface area contributed by atoms with E-state index in [9.17, 15) is 70.7 Å². The number of carbonyl (C=O) groups excluding carboxylic acids is 1. The minimum atomic E-state index is -8.43. The van der Waals surface area contributed by atoms with E-state index < -0.39 is 53.1 Å². The standard InChI is InChI=1S/C32H37F15O/c1-2-3-4-5-6-19-7-9-20(10-8-19)21-11-13-22(14-12-21)23-15-17-24(18-16-23)25(48)26(33,34)27(35,36)28(37,38)29(39,40)30(41,42)31(43,44)32(45,46)47/h15-22H,2-14H2,1H3/t19-,20-,21-,22-. The summed E-state index contributed by atoms with van der Waals surface area (Å²) in [6.07, 6.45) is 5.98. The van der Waals surface area contributed by atoms with Crippen molar-refractivity contribution in [2.24, 2.45) is 17.8 Å². The van der Waals surface area contributed by atoms with Crippen LogP contribution in [-0.2, 0) is 0 Å². The van der Waals surface area contributed by atoms with Gasteiger partial charge in [0.1, 0.15) is 0 Å².